The van der Waals surface area contributed by atoms with Gasteiger partial charge < -0.3 is 10.8 Å². The summed E-state index contributed by atoms with van der Waals surface area (Å²) in [5, 5.41) is 8.41. The third kappa shape index (κ3) is 3.41. The highest BCUT2D eigenvalue weighted by Gasteiger charge is 1.95. The third-order valence-corrected chi connectivity index (χ3v) is 2.39. The average Bonchev–Trinajstić information content (AvgIpc) is 2.15. The SMILES string of the molecule is Nc1ccccc1SCC#CCO. The summed E-state index contributed by atoms with van der Waals surface area (Å²) in [4.78, 5) is 1.04. The molecule has 1 aromatic rings. The topological polar surface area (TPSA) is 46.2 Å². The van der Waals surface area contributed by atoms with Crippen LogP contribution in [0.5, 0.6) is 0 Å². The number of nitrogen functional groups attached to an aromatic ring is 1. The summed E-state index contributed by atoms with van der Waals surface area (Å²) in [5.41, 5.74) is 6.49. The summed E-state index contributed by atoms with van der Waals surface area (Å²) in [7, 11) is 0. The van der Waals surface area contributed by atoms with Crippen molar-refractivity contribution in [2.45, 2.75) is 4.90 Å². The van der Waals surface area contributed by atoms with Crippen molar-refractivity contribution in [3.8, 4) is 11.8 Å². The van der Waals surface area contributed by atoms with Crippen molar-refractivity contribution in [1.29, 1.82) is 0 Å². The van der Waals surface area contributed by atoms with E-state index in [0.29, 0.717) is 5.75 Å². The zero-order valence-corrected chi connectivity index (χ0v) is 7.97. The van der Waals surface area contributed by atoms with Gasteiger partial charge in [0.05, 0.1) is 5.75 Å². The Balaban J connectivity index is 2.50. The van der Waals surface area contributed by atoms with E-state index in [-0.39, 0.29) is 6.61 Å². The van der Waals surface area contributed by atoms with E-state index >= 15 is 0 Å². The minimum atomic E-state index is -0.0785. The molecule has 0 aliphatic heterocycles. The number of anilines is 1. The first-order chi connectivity index (χ1) is 6.34. The molecule has 68 valence electrons. The lowest BCUT2D eigenvalue weighted by Crippen LogP contribution is -1.87. The van der Waals surface area contributed by atoms with Gasteiger partial charge in [-0.25, -0.2) is 0 Å². The number of thioether (sulfide) groups is 1. The molecule has 0 aliphatic rings. The summed E-state index contributed by atoms with van der Waals surface area (Å²) in [6, 6.07) is 7.67. The third-order valence-electron chi connectivity index (χ3n) is 1.42. The van der Waals surface area contributed by atoms with Gasteiger partial charge in [0.15, 0.2) is 0 Å². The Kier molecular flexibility index (Phi) is 4.24. The lowest BCUT2D eigenvalue weighted by molar-refractivity contribution is 0.350. The average molecular weight is 193 g/mol. The second-order valence-corrected chi connectivity index (χ2v) is 3.36. The normalized spacial score (nSPS) is 9.00. The van der Waals surface area contributed by atoms with Crippen molar-refractivity contribution in [2.75, 3.05) is 18.1 Å². The van der Waals surface area contributed by atoms with Gasteiger partial charge in [0.2, 0.25) is 0 Å². The van der Waals surface area contributed by atoms with Crippen LogP contribution in [-0.2, 0) is 0 Å². The number of aliphatic hydroxyl groups excluding tert-OH is 1. The monoisotopic (exact) mass is 193 g/mol. The number of hydrogen-bond donors (Lipinski definition) is 2. The van der Waals surface area contributed by atoms with Gasteiger partial charge in [-0.3, -0.25) is 0 Å². The predicted molar refractivity (Wildman–Crippen MR) is 56.4 cm³/mol. The maximum absolute atomic E-state index is 8.41. The highest BCUT2D eigenvalue weighted by Crippen LogP contribution is 2.23. The van der Waals surface area contributed by atoms with Crippen molar-refractivity contribution in [3.63, 3.8) is 0 Å². The number of nitrogens with two attached hydrogens (primary N) is 1. The van der Waals surface area contributed by atoms with Gasteiger partial charge in [0, 0.05) is 10.6 Å². The molecule has 0 saturated carbocycles. The highest BCUT2D eigenvalue weighted by molar-refractivity contribution is 7.99. The Hall–Kier alpha value is -1.11. The number of benzene rings is 1. The van der Waals surface area contributed by atoms with Gasteiger partial charge >= 0.3 is 0 Å². The Morgan fingerprint density at radius 1 is 1.31 bits per heavy atom. The van der Waals surface area contributed by atoms with Crippen LogP contribution in [0, 0.1) is 11.8 Å². The molecule has 1 rings (SSSR count). The quantitative estimate of drug-likeness (QED) is 0.423. The predicted octanol–water partition coefficient (Wildman–Crippen LogP) is 1.36. The van der Waals surface area contributed by atoms with Crippen molar-refractivity contribution in [2.24, 2.45) is 0 Å². The van der Waals surface area contributed by atoms with Crippen LogP contribution in [0.4, 0.5) is 5.69 Å². The second kappa shape index (κ2) is 5.52. The molecule has 2 nitrogen and oxygen atoms in total. The zero-order chi connectivity index (χ0) is 9.52. The van der Waals surface area contributed by atoms with Gasteiger partial charge in [-0.1, -0.05) is 24.0 Å². The van der Waals surface area contributed by atoms with Crippen molar-refractivity contribution in [3.05, 3.63) is 24.3 Å². The van der Waals surface area contributed by atoms with E-state index in [0.717, 1.165) is 10.6 Å². The molecule has 0 heterocycles. The van der Waals surface area contributed by atoms with Crippen molar-refractivity contribution >= 4 is 17.4 Å². The molecule has 0 amide bonds. The molecule has 3 N–H and O–H groups in total. The minimum absolute atomic E-state index is 0.0785. The molecule has 0 aliphatic carbocycles. The van der Waals surface area contributed by atoms with Crippen LogP contribution in [0.2, 0.25) is 0 Å². The first-order valence-corrected chi connectivity index (χ1v) is 4.87. The Morgan fingerprint density at radius 3 is 2.77 bits per heavy atom. The summed E-state index contributed by atoms with van der Waals surface area (Å²) >= 11 is 1.58. The number of rotatable bonds is 2. The van der Waals surface area contributed by atoms with E-state index in [9.17, 15) is 0 Å². The molecule has 0 atom stereocenters. The van der Waals surface area contributed by atoms with Gasteiger partial charge in [-0.15, -0.1) is 11.8 Å². The first kappa shape index (κ1) is 9.97. The van der Waals surface area contributed by atoms with Crippen LogP contribution >= 0.6 is 11.8 Å². The molecule has 0 bridgehead atoms. The smallest absolute Gasteiger partial charge is 0.104 e. The van der Waals surface area contributed by atoms with Crippen LogP contribution in [0.25, 0.3) is 0 Å². The van der Waals surface area contributed by atoms with Crippen LogP contribution in [-0.4, -0.2) is 17.5 Å². The van der Waals surface area contributed by atoms with Crippen molar-refractivity contribution < 1.29 is 5.11 Å². The molecule has 0 radical (unpaired) electrons. The number of hydrogen-bond acceptors (Lipinski definition) is 3. The molecule has 0 fully saturated rings. The summed E-state index contributed by atoms with van der Waals surface area (Å²) in [6.45, 7) is -0.0785. The van der Waals surface area contributed by atoms with E-state index in [1.54, 1.807) is 11.8 Å². The molecule has 3 heteroatoms. The van der Waals surface area contributed by atoms with Crippen molar-refractivity contribution in [1.82, 2.24) is 0 Å². The maximum atomic E-state index is 8.41. The molecule has 0 unspecified atom stereocenters. The van der Waals surface area contributed by atoms with Gasteiger partial charge in [0.25, 0.3) is 0 Å². The fraction of sp³-hybridized carbons (Fsp3) is 0.200. The molecule has 1 aromatic carbocycles. The van der Waals surface area contributed by atoms with Crippen LogP contribution in [0.15, 0.2) is 29.2 Å². The standard InChI is InChI=1S/C10H11NOS/c11-9-5-1-2-6-10(9)13-8-4-3-7-12/h1-2,5-6,12H,7-8,11H2. The molecule has 13 heavy (non-hydrogen) atoms. The summed E-state index contributed by atoms with van der Waals surface area (Å²) in [5.74, 6) is 6.06. The Bertz CT molecular complexity index is 327. The molecule has 0 spiro atoms. The Morgan fingerprint density at radius 2 is 2.08 bits per heavy atom. The number of aliphatic hydroxyl groups is 1. The summed E-state index contributed by atoms with van der Waals surface area (Å²) < 4.78 is 0. The molecular weight excluding hydrogens is 182 g/mol. The van der Waals surface area contributed by atoms with E-state index in [1.165, 1.54) is 0 Å². The van der Waals surface area contributed by atoms with Crippen LogP contribution in [0.3, 0.4) is 0 Å². The fourth-order valence-corrected chi connectivity index (χ4v) is 1.57. The van der Waals surface area contributed by atoms with E-state index in [1.807, 2.05) is 24.3 Å². The van der Waals surface area contributed by atoms with E-state index in [4.69, 9.17) is 10.8 Å². The van der Waals surface area contributed by atoms with E-state index in [2.05, 4.69) is 11.8 Å². The molecule has 0 saturated heterocycles. The lowest BCUT2D eigenvalue weighted by atomic mass is 10.3. The lowest BCUT2D eigenvalue weighted by Gasteiger charge is -2.00. The maximum Gasteiger partial charge on any atom is 0.104 e. The molecular formula is C10H11NOS. The number of para-hydroxylation sites is 1. The van der Waals surface area contributed by atoms with E-state index < -0.39 is 0 Å². The molecule has 0 aromatic heterocycles. The minimum Gasteiger partial charge on any atom is -0.398 e. The van der Waals surface area contributed by atoms with Crippen LogP contribution in [0.1, 0.15) is 0 Å². The first-order valence-electron chi connectivity index (χ1n) is 3.88. The Labute approximate surface area is 82.1 Å². The van der Waals surface area contributed by atoms with Gasteiger partial charge in [-0.2, -0.15) is 0 Å². The second-order valence-electron chi connectivity index (χ2n) is 2.34. The van der Waals surface area contributed by atoms with Crippen LogP contribution < -0.4 is 5.73 Å². The highest BCUT2D eigenvalue weighted by atomic mass is 32.2. The fourth-order valence-electron chi connectivity index (χ4n) is 0.833. The zero-order valence-electron chi connectivity index (χ0n) is 7.16. The van der Waals surface area contributed by atoms with Gasteiger partial charge in [-0.05, 0) is 12.1 Å². The summed E-state index contributed by atoms with van der Waals surface area (Å²) in [6.07, 6.45) is 0. The largest absolute Gasteiger partial charge is 0.398 e. The van der Waals surface area contributed by atoms with Gasteiger partial charge in [0.1, 0.15) is 6.61 Å².